The van der Waals surface area contributed by atoms with Crippen molar-refractivity contribution in [2.24, 2.45) is 0 Å². The average Bonchev–Trinajstić information content (AvgIpc) is 2.58. The van der Waals surface area contributed by atoms with Crippen molar-refractivity contribution >= 4 is 23.3 Å². The van der Waals surface area contributed by atoms with E-state index in [2.05, 4.69) is 30.2 Å². The number of piperidine rings is 1. The van der Waals surface area contributed by atoms with Gasteiger partial charge in [-0.25, -0.2) is 4.98 Å². The second kappa shape index (κ2) is 8.98. The van der Waals surface area contributed by atoms with Gasteiger partial charge in [0.15, 0.2) is 0 Å². The first kappa shape index (κ1) is 20.9. The monoisotopic (exact) mass is 379 g/mol. The summed E-state index contributed by atoms with van der Waals surface area (Å²) >= 11 is 0. The molecule has 0 saturated carbocycles. The third-order valence-corrected chi connectivity index (χ3v) is 5.18. The second-order valence-corrected chi connectivity index (χ2v) is 7.63. The number of nitrogens with one attached hydrogen (secondary N) is 1. The lowest BCUT2D eigenvalue weighted by Gasteiger charge is -2.25. The summed E-state index contributed by atoms with van der Waals surface area (Å²) in [5.74, 6) is 0.360. The summed E-state index contributed by atoms with van der Waals surface area (Å²) in [6.07, 6.45) is 5.22. The molecule has 0 amide bonds. The maximum atomic E-state index is 12.9. The molecular formula is C20H30ClN3O2. The topological polar surface area (TPSA) is 67.2 Å². The highest BCUT2D eigenvalue weighted by Crippen LogP contribution is 2.21. The predicted octanol–water partition coefficient (Wildman–Crippen LogP) is 3.14. The first-order valence-electron chi connectivity index (χ1n) is 9.37. The molecule has 1 aromatic carbocycles. The van der Waals surface area contributed by atoms with Gasteiger partial charge in [-0.3, -0.25) is 9.36 Å². The Labute approximate surface area is 161 Å². The maximum Gasteiger partial charge on any atom is 0.261 e. The van der Waals surface area contributed by atoms with Crippen molar-refractivity contribution in [2.45, 2.75) is 71.1 Å². The Hall–Kier alpha value is -1.43. The Morgan fingerprint density at radius 3 is 2.77 bits per heavy atom. The van der Waals surface area contributed by atoms with Crippen molar-refractivity contribution < 1.29 is 5.11 Å². The number of aliphatic hydroxyl groups excluding tert-OH is 1. The number of aromatic nitrogens is 2. The van der Waals surface area contributed by atoms with Crippen LogP contribution in [0.3, 0.4) is 0 Å². The van der Waals surface area contributed by atoms with Gasteiger partial charge in [-0.2, -0.15) is 0 Å². The summed E-state index contributed by atoms with van der Waals surface area (Å²) < 4.78 is 1.55. The third-order valence-electron chi connectivity index (χ3n) is 5.18. The minimum Gasteiger partial charge on any atom is -0.391 e. The molecule has 2 aromatic rings. The van der Waals surface area contributed by atoms with Crippen LogP contribution in [0.5, 0.6) is 0 Å². The summed E-state index contributed by atoms with van der Waals surface area (Å²) in [4.78, 5) is 17.4. The fourth-order valence-electron chi connectivity index (χ4n) is 3.70. The molecule has 26 heavy (non-hydrogen) atoms. The highest BCUT2D eigenvalue weighted by molar-refractivity contribution is 5.85. The van der Waals surface area contributed by atoms with Gasteiger partial charge >= 0.3 is 0 Å². The van der Waals surface area contributed by atoms with Gasteiger partial charge in [0.1, 0.15) is 0 Å². The van der Waals surface area contributed by atoms with Gasteiger partial charge < -0.3 is 10.4 Å². The largest absolute Gasteiger partial charge is 0.391 e. The highest BCUT2D eigenvalue weighted by Gasteiger charge is 2.18. The Morgan fingerprint density at radius 2 is 2.12 bits per heavy atom. The van der Waals surface area contributed by atoms with Crippen LogP contribution >= 0.6 is 12.4 Å². The van der Waals surface area contributed by atoms with Crippen molar-refractivity contribution in [3.8, 4) is 0 Å². The molecule has 1 unspecified atom stereocenters. The number of hydrogen-bond donors (Lipinski definition) is 2. The molecule has 1 fully saturated rings. The number of fused-ring (bicyclic) bond motifs is 1. The summed E-state index contributed by atoms with van der Waals surface area (Å²) in [5.41, 5.74) is 2.87. The number of aliphatic hydroxyl groups is 1. The number of benzene rings is 1. The first-order valence-corrected chi connectivity index (χ1v) is 9.37. The molecule has 2 atom stereocenters. The van der Waals surface area contributed by atoms with Crippen LogP contribution in [0, 0.1) is 6.92 Å². The van der Waals surface area contributed by atoms with Gasteiger partial charge in [-0.1, -0.05) is 26.3 Å². The maximum absolute atomic E-state index is 12.9. The van der Waals surface area contributed by atoms with Crippen molar-refractivity contribution in [2.75, 3.05) is 6.54 Å². The quantitative estimate of drug-likeness (QED) is 0.837. The van der Waals surface area contributed by atoms with E-state index in [9.17, 15) is 9.90 Å². The van der Waals surface area contributed by atoms with E-state index in [1.54, 1.807) is 10.9 Å². The Balaban J connectivity index is 0.00000243. The van der Waals surface area contributed by atoms with Crippen LogP contribution in [0.25, 0.3) is 10.9 Å². The molecule has 2 heterocycles. The molecular weight excluding hydrogens is 350 g/mol. The zero-order valence-electron chi connectivity index (χ0n) is 15.9. The van der Waals surface area contributed by atoms with Gasteiger partial charge in [-0.05, 0) is 55.8 Å². The number of hydrogen-bond acceptors (Lipinski definition) is 4. The normalized spacial score (nSPS) is 18.7. The Bertz CT molecular complexity index is 797. The van der Waals surface area contributed by atoms with E-state index >= 15 is 0 Å². The molecule has 6 heteroatoms. The van der Waals surface area contributed by atoms with Crippen LogP contribution in [-0.2, 0) is 6.54 Å². The van der Waals surface area contributed by atoms with Crippen molar-refractivity contribution in [1.82, 2.24) is 14.9 Å². The third kappa shape index (κ3) is 4.64. The highest BCUT2D eigenvalue weighted by atomic mass is 35.5. The van der Waals surface area contributed by atoms with Crippen LogP contribution in [0.2, 0.25) is 0 Å². The molecule has 0 bridgehead atoms. The molecule has 1 saturated heterocycles. The molecule has 0 radical (unpaired) electrons. The SMILES string of the molecule is Cc1cc(C(C)C)cc2c(=O)n(CC(O)C[C@@H]3CCCCN3)cnc12.Cl. The molecule has 1 aliphatic heterocycles. The van der Waals surface area contributed by atoms with Crippen LogP contribution < -0.4 is 10.9 Å². The Morgan fingerprint density at radius 1 is 1.35 bits per heavy atom. The zero-order valence-corrected chi connectivity index (χ0v) is 16.7. The predicted molar refractivity (Wildman–Crippen MR) is 108 cm³/mol. The van der Waals surface area contributed by atoms with E-state index < -0.39 is 6.10 Å². The van der Waals surface area contributed by atoms with E-state index in [4.69, 9.17) is 0 Å². The van der Waals surface area contributed by atoms with Crippen molar-refractivity contribution in [3.63, 3.8) is 0 Å². The minimum absolute atomic E-state index is 0. The van der Waals surface area contributed by atoms with Gasteiger partial charge in [-0.15, -0.1) is 12.4 Å². The van der Waals surface area contributed by atoms with E-state index in [1.165, 1.54) is 12.8 Å². The Kier molecular flexibility index (Phi) is 7.21. The summed E-state index contributed by atoms with van der Waals surface area (Å²) in [5, 5.41) is 14.5. The van der Waals surface area contributed by atoms with Gasteiger partial charge in [0.25, 0.3) is 5.56 Å². The smallest absolute Gasteiger partial charge is 0.261 e. The summed E-state index contributed by atoms with van der Waals surface area (Å²) in [6.45, 7) is 7.55. The molecule has 0 aliphatic carbocycles. The molecule has 0 spiro atoms. The van der Waals surface area contributed by atoms with E-state index in [0.717, 1.165) is 29.6 Å². The summed E-state index contributed by atoms with van der Waals surface area (Å²) in [6, 6.07) is 4.41. The molecule has 2 N–H and O–H groups in total. The van der Waals surface area contributed by atoms with E-state index in [0.29, 0.717) is 30.3 Å². The average molecular weight is 380 g/mol. The van der Waals surface area contributed by atoms with Crippen LogP contribution in [0.4, 0.5) is 0 Å². The second-order valence-electron chi connectivity index (χ2n) is 7.63. The fraction of sp³-hybridized carbons (Fsp3) is 0.600. The lowest BCUT2D eigenvalue weighted by Crippen LogP contribution is -2.38. The number of rotatable bonds is 5. The molecule has 1 aromatic heterocycles. The fourth-order valence-corrected chi connectivity index (χ4v) is 3.70. The lowest BCUT2D eigenvalue weighted by molar-refractivity contribution is 0.123. The van der Waals surface area contributed by atoms with Gasteiger partial charge in [0, 0.05) is 6.04 Å². The van der Waals surface area contributed by atoms with Crippen LogP contribution in [-0.4, -0.2) is 33.3 Å². The molecule has 144 valence electrons. The van der Waals surface area contributed by atoms with Crippen LogP contribution in [0.1, 0.15) is 56.6 Å². The number of halogens is 1. The van der Waals surface area contributed by atoms with Gasteiger partial charge in [0.05, 0.1) is 29.9 Å². The molecule has 3 rings (SSSR count). The zero-order chi connectivity index (χ0) is 18.0. The van der Waals surface area contributed by atoms with Crippen molar-refractivity contribution in [1.29, 1.82) is 0 Å². The first-order chi connectivity index (χ1) is 12.0. The van der Waals surface area contributed by atoms with E-state index in [1.807, 2.05) is 13.0 Å². The number of aryl methyl sites for hydroxylation is 1. The lowest BCUT2D eigenvalue weighted by atomic mass is 9.98. The van der Waals surface area contributed by atoms with Crippen LogP contribution in [0.15, 0.2) is 23.3 Å². The van der Waals surface area contributed by atoms with Crippen molar-refractivity contribution in [3.05, 3.63) is 39.9 Å². The summed E-state index contributed by atoms with van der Waals surface area (Å²) in [7, 11) is 0. The van der Waals surface area contributed by atoms with E-state index in [-0.39, 0.29) is 18.0 Å². The molecule has 5 nitrogen and oxygen atoms in total. The van der Waals surface area contributed by atoms with Gasteiger partial charge in [0.2, 0.25) is 0 Å². The standard InChI is InChI=1S/C20H29N3O2.ClH/c1-13(2)15-8-14(3)19-18(9-15)20(25)23(12-22-19)11-17(24)10-16-6-4-5-7-21-16;/h8-9,12-13,16-17,21,24H,4-7,10-11H2,1-3H3;1H/t16-,17?;/m0./s1. The minimum atomic E-state index is -0.540. The number of nitrogens with zero attached hydrogens (tertiary/aromatic N) is 2. The molecule has 1 aliphatic rings.